The Morgan fingerprint density at radius 3 is 2.68 bits per heavy atom. The standard InChI is InChI=1S/C16H20ClNO3S/c17-12-4-7-14(8-5-12)22-11-15(19)18-10-2-1-3-13(18)6-9-16(20)21/h4-5,7-8,13H,1-3,6,9-11H2,(H,20,21). The second-order valence-corrected chi connectivity index (χ2v) is 6.90. The normalized spacial score (nSPS) is 18.2. The van der Waals surface area contributed by atoms with Gasteiger partial charge in [-0.2, -0.15) is 0 Å². The molecule has 0 aromatic heterocycles. The average molecular weight is 342 g/mol. The molecule has 2 rings (SSSR count). The zero-order valence-corrected chi connectivity index (χ0v) is 13.9. The van der Waals surface area contributed by atoms with Gasteiger partial charge in [-0.25, -0.2) is 0 Å². The van der Waals surface area contributed by atoms with Gasteiger partial charge >= 0.3 is 5.97 Å². The molecule has 1 atom stereocenters. The second kappa shape index (κ2) is 8.44. The Bertz CT molecular complexity index is 521. The molecule has 1 heterocycles. The van der Waals surface area contributed by atoms with Crippen molar-refractivity contribution in [3.63, 3.8) is 0 Å². The van der Waals surface area contributed by atoms with Crippen molar-refractivity contribution in [1.29, 1.82) is 0 Å². The lowest BCUT2D eigenvalue weighted by atomic mass is 9.98. The highest BCUT2D eigenvalue weighted by molar-refractivity contribution is 8.00. The van der Waals surface area contributed by atoms with E-state index in [4.69, 9.17) is 16.7 Å². The van der Waals surface area contributed by atoms with Crippen molar-refractivity contribution in [3.05, 3.63) is 29.3 Å². The highest BCUT2D eigenvalue weighted by Crippen LogP contribution is 2.25. The summed E-state index contributed by atoms with van der Waals surface area (Å²) in [5, 5.41) is 9.51. The largest absolute Gasteiger partial charge is 0.481 e. The number of piperidine rings is 1. The van der Waals surface area contributed by atoms with Crippen molar-refractivity contribution in [2.75, 3.05) is 12.3 Å². The van der Waals surface area contributed by atoms with E-state index in [1.54, 1.807) is 0 Å². The maximum Gasteiger partial charge on any atom is 0.303 e. The molecule has 120 valence electrons. The van der Waals surface area contributed by atoms with E-state index < -0.39 is 5.97 Å². The van der Waals surface area contributed by atoms with Crippen molar-refractivity contribution in [2.24, 2.45) is 0 Å². The number of hydrogen-bond acceptors (Lipinski definition) is 3. The Morgan fingerprint density at radius 2 is 2.00 bits per heavy atom. The number of carbonyl (C=O) groups is 2. The zero-order chi connectivity index (χ0) is 15.9. The summed E-state index contributed by atoms with van der Waals surface area (Å²) >= 11 is 7.33. The number of carboxylic acids is 1. The summed E-state index contributed by atoms with van der Waals surface area (Å²) in [6.45, 7) is 0.740. The Balaban J connectivity index is 1.88. The first kappa shape index (κ1) is 17.2. The van der Waals surface area contributed by atoms with E-state index in [0.717, 1.165) is 30.7 Å². The Labute approximate surface area is 139 Å². The van der Waals surface area contributed by atoms with E-state index >= 15 is 0 Å². The summed E-state index contributed by atoms with van der Waals surface area (Å²) in [5.41, 5.74) is 0. The summed E-state index contributed by atoms with van der Waals surface area (Å²) in [5.74, 6) is -0.325. The Kier molecular flexibility index (Phi) is 6.58. The summed E-state index contributed by atoms with van der Waals surface area (Å²) in [7, 11) is 0. The average Bonchev–Trinajstić information content (AvgIpc) is 2.52. The number of likely N-dealkylation sites (tertiary alicyclic amines) is 1. The first-order valence-electron chi connectivity index (χ1n) is 7.46. The number of nitrogens with zero attached hydrogens (tertiary/aromatic N) is 1. The minimum absolute atomic E-state index is 0.0724. The quantitative estimate of drug-likeness (QED) is 0.802. The molecule has 1 aromatic rings. The number of halogens is 1. The smallest absolute Gasteiger partial charge is 0.303 e. The number of benzene rings is 1. The molecule has 1 amide bonds. The predicted molar refractivity (Wildman–Crippen MR) is 88.4 cm³/mol. The molecule has 1 aliphatic heterocycles. The number of hydrogen-bond donors (Lipinski definition) is 1. The van der Waals surface area contributed by atoms with Crippen LogP contribution in [0.4, 0.5) is 0 Å². The van der Waals surface area contributed by atoms with Gasteiger partial charge in [-0.05, 0) is 49.9 Å². The van der Waals surface area contributed by atoms with Gasteiger partial charge in [0.05, 0.1) is 5.75 Å². The van der Waals surface area contributed by atoms with Crippen LogP contribution < -0.4 is 0 Å². The lowest BCUT2D eigenvalue weighted by Crippen LogP contribution is -2.44. The minimum Gasteiger partial charge on any atom is -0.481 e. The van der Waals surface area contributed by atoms with E-state index in [0.29, 0.717) is 17.2 Å². The molecule has 1 aliphatic rings. The maximum atomic E-state index is 12.4. The van der Waals surface area contributed by atoms with Gasteiger partial charge < -0.3 is 10.0 Å². The van der Waals surface area contributed by atoms with E-state index in [9.17, 15) is 9.59 Å². The third-order valence-corrected chi connectivity index (χ3v) is 5.06. The Morgan fingerprint density at radius 1 is 1.27 bits per heavy atom. The number of carbonyl (C=O) groups excluding carboxylic acids is 1. The maximum absolute atomic E-state index is 12.4. The number of aliphatic carboxylic acids is 1. The van der Waals surface area contributed by atoms with E-state index in [-0.39, 0.29) is 18.4 Å². The van der Waals surface area contributed by atoms with Crippen LogP contribution in [0.5, 0.6) is 0 Å². The SMILES string of the molecule is O=C(O)CCC1CCCCN1C(=O)CSc1ccc(Cl)cc1. The van der Waals surface area contributed by atoms with Crippen molar-refractivity contribution >= 4 is 35.2 Å². The van der Waals surface area contributed by atoms with Crippen molar-refractivity contribution in [2.45, 2.75) is 43.0 Å². The van der Waals surface area contributed by atoms with Crippen LogP contribution in [0.2, 0.25) is 5.02 Å². The number of amides is 1. The van der Waals surface area contributed by atoms with Crippen LogP contribution in [0.3, 0.4) is 0 Å². The molecule has 1 aromatic carbocycles. The summed E-state index contributed by atoms with van der Waals surface area (Å²) < 4.78 is 0. The molecule has 6 heteroatoms. The molecule has 1 unspecified atom stereocenters. The van der Waals surface area contributed by atoms with Crippen molar-refractivity contribution < 1.29 is 14.7 Å². The van der Waals surface area contributed by atoms with Gasteiger partial charge in [-0.1, -0.05) is 11.6 Å². The van der Waals surface area contributed by atoms with Crippen molar-refractivity contribution in [3.8, 4) is 0 Å². The van der Waals surface area contributed by atoms with Crippen LogP contribution in [0, 0.1) is 0 Å². The van der Waals surface area contributed by atoms with Crippen LogP contribution >= 0.6 is 23.4 Å². The van der Waals surface area contributed by atoms with Crippen LogP contribution in [0.1, 0.15) is 32.1 Å². The highest BCUT2D eigenvalue weighted by Gasteiger charge is 2.26. The fraction of sp³-hybridized carbons (Fsp3) is 0.500. The molecule has 0 spiro atoms. The lowest BCUT2D eigenvalue weighted by Gasteiger charge is -2.35. The highest BCUT2D eigenvalue weighted by atomic mass is 35.5. The van der Waals surface area contributed by atoms with Gasteiger partial charge in [-0.3, -0.25) is 9.59 Å². The molecule has 0 bridgehead atoms. The predicted octanol–water partition coefficient (Wildman–Crippen LogP) is 3.68. The van der Waals surface area contributed by atoms with Gasteiger partial charge in [0.25, 0.3) is 0 Å². The first-order chi connectivity index (χ1) is 10.6. The lowest BCUT2D eigenvalue weighted by molar-refractivity contribution is -0.139. The van der Waals surface area contributed by atoms with Crippen molar-refractivity contribution in [1.82, 2.24) is 4.90 Å². The fourth-order valence-corrected chi connectivity index (χ4v) is 3.59. The molecule has 4 nitrogen and oxygen atoms in total. The molecular weight excluding hydrogens is 322 g/mol. The van der Waals surface area contributed by atoms with Crippen LogP contribution in [0.15, 0.2) is 29.2 Å². The van der Waals surface area contributed by atoms with E-state index in [1.807, 2.05) is 29.2 Å². The Hall–Kier alpha value is -1.20. The number of carboxylic acid groups (broad SMARTS) is 1. The molecule has 0 aliphatic carbocycles. The molecule has 1 saturated heterocycles. The van der Waals surface area contributed by atoms with Crippen LogP contribution in [0.25, 0.3) is 0 Å². The molecule has 1 fully saturated rings. The number of thioether (sulfide) groups is 1. The molecule has 22 heavy (non-hydrogen) atoms. The fourth-order valence-electron chi connectivity index (χ4n) is 2.68. The van der Waals surface area contributed by atoms with Gasteiger partial charge in [0.15, 0.2) is 0 Å². The minimum atomic E-state index is -0.798. The van der Waals surface area contributed by atoms with E-state index in [2.05, 4.69) is 0 Å². The zero-order valence-electron chi connectivity index (χ0n) is 12.3. The third kappa shape index (κ3) is 5.21. The van der Waals surface area contributed by atoms with Crippen LogP contribution in [-0.4, -0.2) is 40.2 Å². The number of rotatable bonds is 6. The molecule has 1 N–H and O–H groups in total. The van der Waals surface area contributed by atoms with Gasteiger partial charge in [0.1, 0.15) is 0 Å². The monoisotopic (exact) mass is 341 g/mol. The summed E-state index contributed by atoms with van der Waals surface area (Å²) in [6.07, 6.45) is 3.65. The first-order valence-corrected chi connectivity index (χ1v) is 8.82. The molecular formula is C16H20ClNO3S. The van der Waals surface area contributed by atoms with Gasteiger partial charge in [0.2, 0.25) is 5.91 Å². The topological polar surface area (TPSA) is 57.6 Å². The van der Waals surface area contributed by atoms with Gasteiger partial charge in [-0.15, -0.1) is 11.8 Å². The summed E-state index contributed by atoms with van der Waals surface area (Å²) in [4.78, 5) is 26.0. The van der Waals surface area contributed by atoms with Crippen LogP contribution in [-0.2, 0) is 9.59 Å². The third-order valence-electron chi connectivity index (χ3n) is 3.81. The molecule has 0 radical (unpaired) electrons. The van der Waals surface area contributed by atoms with E-state index in [1.165, 1.54) is 11.8 Å². The second-order valence-electron chi connectivity index (χ2n) is 5.41. The van der Waals surface area contributed by atoms with Gasteiger partial charge in [0, 0.05) is 28.9 Å². The summed E-state index contributed by atoms with van der Waals surface area (Å²) in [6, 6.07) is 7.50. The molecule has 0 saturated carbocycles.